The number of aryl methyl sites for hydroxylation is 1. The van der Waals surface area contributed by atoms with Gasteiger partial charge in [0, 0.05) is 23.5 Å². The van der Waals surface area contributed by atoms with Gasteiger partial charge in [-0.3, -0.25) is 14.6 Å². The second-order valence-corrected chi connectivity index (χ2v) is 4.13. The number of benzene rings is 1. The van der Waals surface area contributed by atoms with Crippen LogP contribution in [0.4, 0.5) is 0 Å². The van der Waals surface area contributed by atoms with Crippen LogP contribution in [0.25, 0.3) is 0 Å². The van der Waals surface area contributed by atoms with Gasteiger partial charge in [-0.25, -0.2) is 0 Å². The lowest BCUT2D eigenvalue weighted by atomic mass is 10.0. The highest BCUT2D eigenvalue weighted by molar-refractivity contribution is 6.13. The Kier molecular flexibility index (Phi) is 3.63. The van der Waals surface area contributed by atoms with Crippen LogP contribution in [0.15, 0.2) is 48.8 Å². The highest BCUT2D eigenvalue weighted by Gasteiger charge is 2.13. The van der Waals surface area contributed by atoms with Crippen molar-refractivity contribution in [3.8, 4) is 0 Å². The molecule has 0 fully saturated rings. The van der Waals surface area contributed by atoms with E-state index in [-0.39, 0.29) is 18.0 Å². The molecule has 0 atom stereocenters. The molecule has 3 heteroatoms. The molecule has 90 valence electrons. The fourth-order valence-electron chi connectivity index (χ4n) is 1.63. The largest absolute Gasteiger partial charge is 0.294 e. The Labute approximate surface area is 105 Å². The predicted molar refractivity (Wildman–Crippen MR) is 68.7 cm³/mol. The third-order valence-corrected chi connectivity index (χ3v) is 2.70. The molecular formula is C15H13NO2. The van der Waals surface area contributed by atoms with Crippen molar-refractivity contribution in [1.82, 2.24) is 4.98 Å². The molecule has 2 rings (SSSR count). The Morgan fingerprint density at radius 2 is 1.39 bits per heavy atom. The first-order valence-electron chi connectivity index (χ1n) is 5.70. The van der Waals surface area contributed by atoms with Crippen LogP contribution in [-0.4, -0.2) is 16.6 Å². The lowest BCUT2D eigenvalue weighted by molar-refractivity contribution is 0.0894. The molecule has 0 aliphatic heterocycles. The molecule has 0 spiro atoms. The molecule has 1 aromatic carbocycles. The Morgan fingerprint density at radius 1 is 0.889 bits per heavy atom. The summed E-state index contributed by atoms with van der Waals surface area (Å²) in [5.74, 6) is -0.334. The quantitative estimate of drug-likeness (QED) is 0.608. The van der Waals surface area contributed by atoms with Crippen LogP contribution in [0, 0.1) is 6.92 Å². The SMILES string of the molecule is Cc1ccc(C(=O)CC(=O)c2ccncc2)cc1. The first-order valence-corrected chi connectivity index (χ1v) is 5.70. The molecule has 0 N–H and O–H groups in total. The van der Waals surface area contributed by atoms with E-state index in [1.165, 1.54) is 0 Å². The smallest absolute Gasteiger partial charge is 0.170 e. The van der Waals surface area contributed by atoms with Crippen molar-refractivity contribution < 1.29 is 9.59 Å². The number of ketones is 2. The van der Waals surface area contributed by atoms with Crippen molar-refractivity contribution in [2.24, 2.45) is 0 Å². The number of carbonyl (C=O) groups is 2. The highest BCUT2D eigenvalue weighted by Crippen LogP contribution is 2.09. The van der Waals surface area contributed by atoms with E-state index in [2.05, 4.69) is 4.98 Å². The molecule has 0 radical (unpaired) electrons. The van der Waals surface area contributed by atoms with Gasteiger partial charge in [0.2, 0.25) is 0 Å². The number of aromatic nitrogens is 1. The van der Waals surface area contributed by atoms with E-state index in [9.17, 15) is 9.59 Å². The second-order valence-electron chi connectivity index (χ2n) is 4.13. The van der Waals surface area contributed by atoms with Crippen molar-refractivity contribution in [3.05, 3.63) is 65.5 Å². The summed E-state index contributed by atoms with van der Waals surface area (Å²) in [6, 6.07) is 10.5. The zero-order valence-corrected chi connectivity index (χ0v) is 10.1. The molecule has 0 saturated carbocycles. The summed E-state index contributed by atoms with van der Waals surface area (Å²) in [6.45, 7) is 1.95. The van der Waals surface area contributed by atoms with Gasteiger partial charge in [0.25, 0.3) is 0 Å². The maximum absolute atomic E-state index is 11.9. The Bertz CT molecular complexity index is 559. The topological polar surface area (TPSA) is 47.0 Å². The van der Waals surface area contributed by atoms with E-state index in [0.717, 1.165) is 5.56 Å². The van der Waals surface area contributed by atoms with Crippen LogP contribution in [-0.2, 0) is 0 Å². The molecule has 1 aromatic heterocycles. The highest BCUT2D eigenvalue weighted by atomic mass is 16.1. The van der Waals surface area contributed by atoms with Crippen LogP contribution in [0.3, 0.4) is 0 Å². The molecule has 3 nitrogen and oxygen atoms in total. The number of carbonyl (C=O) groups excluding carboxylic acids is 2. The standard InChI is InChI=1S/C15H13NO2/c1-11-2-4-12(5-3-11)14(17)10-15(18)13-6-8-16-9-7-13/h2-9H,10H2,1H3. The van der Waals surface area contributed by atoms with Gasteiger partial charge >= 0.3 is 0 Å². The molecule has 0 unspecified atom stereocenters. The van der Waals surface area contributed by atoms with E-state index >= 15 is 0 Å². The van der Waals surface area contributed by atoms with Crippen LogP contribution < -0.4 is 0 Å². The van der Waals surface area contributed by atoms with Gasteiger partial charge in [-0.2, -0.15) is 0 Å². The summed E-state index contributed by atoms with van der Waals surface area (Å²) < 4.78 is 0. The van der Waals surface area contributed by atoms with Gasteiger partial charge in [-0.15, -0.1) is 0 Å². The third-order valence-electron chi connectivity index (χ3n) is 2.70. The molecule has 0 saturated heterocycles. The zero-order chi connectivity index (χ0) is 13.0. The number of Topliss-reactive ketones (excluding diaryl/α,β-unsaturated/α-hetero) is 2. The van der Waals surface area contributed by atoms with Gasteiger partial charge in [0.1, 0.15) is 0 Å². The minimum absolute atomic E-state index is 0.104. The molecule has 2 aromatic rings. The van der Waals surface area contributed by atoms with Crippen molar-refractivity contribution in [3.63, 3.8) is 0 Å². The van der Waals surface area contributed by atoms with Crippen LogP contribution >= 0.6 is 0 Å². The second kappa shape index (κ2) is 5.36. The molecule has 0 aliphatic carbocycles. The monoisotopic (exact) mass is 239 g/mol. The zero-order valence-electron chi connectivity index (χ0n) is 10.1. The van der Waals surface area contributed by atoms with Gasteiger partial charge < -0.3 is 0 Å². The third kappa shape index (κ3) is 2.88. The summed E-state index contributed by atoms with van der Waals surface area (Å²) in [4.78, 5) is 27.6. The lowest BCUT2D eigenvalue weighted by Gasteiger charge is -2.01. The predicted octanol–water partition coefficient (Wildman–Crippen LogP) is 2.85. The number of rotatable bonds is 4. The summed E-state index contributed by atoms with van der Waals surface area (Å²) in [5.41, 5.74) is 2.18. The van der Waals surface area contributed by atoms with E-state index in [1.54, 1.807) is 36.7 Å². The van der Waals surface area contributed by atoms with Gasteiger partial charge in [0.15, 0.2) is 11.6 Å². The number of nitrogens with zero attached hydrogens (tertiary/aromatic N) is 1. The average molecular weight is 239 g/mol. The van der Waals surface area contributed by atoms with Gasteiger partial charge in [-0.1, -0.05) is 29.8 Å². The number of pyridine rings is 1. The normalized spacial score (nSPS) is 10.1. The Balaban J connectivity index is 2.08. The summed E-state index contributed by atoms with van der Waals surface area (Å²) in [6.07, 6.45) is 2.99. The Hall–Kier alpha value is -2.29. The van der Waals surface area contributed by atoms with Crippen LogP contribution in [0.1, 0.15) is 32.7 Å². The Morgan fingerprint density at radius 3 is 1.94 bits per heavy atom. The number of hydrogen-bond donors (Lipinski definition) is 0. The summed E-state index contributed by atoms with van der Waals surface area (Å²) in [7, 11) is 0. The van der Waals surface area contributed by atoms with Crippen LogP contribution in [0.2, 0.25) is 0 Å². The van der Waals surface area contributed by atoms with Crippen molar-refractivity contribution >= 4 is 11.6 Å². The first-order chi connectivity index (χ1) is 8.66. The average Bonchev–Trinajstić information content (AvgIpc) is 2.40. The molecule has 1 heterocycles. The number of hydrogen-bond acceptors (Lipinski definition) is 3. The van der Waals surface area contributed by atoms with Crippen molar-refractivity contribution in [1.29, 1.82) is 0 Å². The maximum Gasteiger partial charge on any atom is 0.170 e. The first kappa shape index (κ1) is 12.2. The molecule has 18 heavy (non-hydrogen) atoms. The fourth-order valence-corrected chi connectivity index (χ4v) is 1.63. The lowest BCUT2D eigenvalue weighted by Crippen LogP contribution is -2.08. The maximum atomic E-state index is 11.9. The molecular weight excluding hydrogens is 226 g/mol. The van der Waals surface area contributed by atoms with Gasteiger partial charge in [-0.05, 0) is 19.1 Å². The van der Waals surface area contributed by atoms with Crippen molar-refractivity contribution in [2.45, 2.75) is 13.3 Å². The summed E-state index contributed by atoms with van der Waals surface area (Å²) in [5, 5.41) is 0. The molecule has 0 bridgehead atoms. The van der Waals surface area contributed by atoms with E-state index in [0.29, 0.717) is 11.1 Å². The molecule has 0 amide bonds. The van der Waals surface area contributed by atoms with Gasteiger partial charge in [0.05, 0.1) is 6.42 Å². The summed E-state index contributed by atoms with van der Waals surface area (Å²) >= 11 is 0. The molecule has 0 aliphatic rings. The van der Waals surface area contributed by atoms with E-state index in [4.69, 9.17) is 0 Å². The van der Waals surface area contributed by atoms with Crippen LogP contribution in [0.5, 0.6) is 0 Å². The van der Waals surface area contributed by atoms with Crippen molar-refractivity contribution in [2.75, 3.05) is 0 Å². The van der Waals surface area contributed by atoms with E-state index < -0.39 is 0 Å². The van der Waals surface area contributed by atoms with E-state index in [1.807, 2.05) is 19.1 Å². The fraction of sp³-hybridized carbons (Fsp3) is 0.133. The minimum Gasteiger partial charge on any atom is -0.294 e. The minimum atomic E-state index is -0.178.